The fraction of sp³-hybridized carbons (Fsp3) is 0.450. The van der Waals surface area contributed by atoms with E-state index in [0.717, 1.165) is 25.0 Å². The van der Waals surface area contributed by atoms with Crippen LogP contribution in [0.5, 0.6) is 5.75 Å². The van der Waals surface area contributed by atoms with Gasteiger partial charge in [-0.2, -0.15) is 0 Å². The molecule has 0 radical (unpaired) electrons. The number of carbonyl (C=O) groups is 1. The summed E-state index contributed by atoms with van der Waals surface area (Å²) in [6.07, 6.45) is 6.17. The molecule has 1 heterocycles. The van der Waals surface area contributed by atoms with Gasteiger partial charge in [-0.3, -0.25) is 0 Å². The maximum Gasteiger partial charge on any atom is 0.341 e. The highest BCUT2D eigenvalue weighted by Gasteiger charge is 2.39. The van der Waals surface area contributed by atoms with Crippen LogP contribution in [-0.4, -0.2) is 29.7 Å². The van der Waals surface area contributed by atoms with E-state index in [1.165, 1.54) is 18.0 Å². The summed E-state index contributed by atoms with van der Waals surface area (Å²) in [7, 11) is 1.66. The summed E-state index contributed by atoms with van der Waals surface area (Å²) in [4.78, 5) is 20.2. The fourth-order valence-electron chi connectivity index (χ4n) is 2.85. The molecule has 1 aromatic carbocycles. The van der Waals surface area contributed by atoms with Crippen molar-refractivity contribution in [2.45, 2.75) is 45.6 Å². The molecule has 1 fully saturated rings. The Kier molecular flexibility index (Phi) is 6.95. The molecular formula is C20H27N3O3. The number of hydrogen-bond donors (Lipinski definition) is 1. The van der Waals surface area contributed by atoms with E-state index in [1.807, 2.05) is 26.0 Å². The molecule has 1 aliphatic carbocycles. The number of benzene rings is 1. The van der Waals surface area contributed by atoms with E-state index >= 15 is 0 Å². The van der Waals surface area contributed by atoms with Crippen LogP contribution >= 0.6 is 0 Å². The predicted molar refractivity (Wildman–Crippen MR) is 101 cm³/mol. The van der Waals surface area contributed by atoms with E-state index in [9.17, 15) is 4.79 Å². The minimum atomic E-state index is -0.405. The van der Waals surface area contributed by atoms with Gasteiger partial charge in [-0.25, -0.2) is 14.8 Å². The van der Waals surface area contributed by atoms with Gasteiger partial charge in [-0.15, -0.1) is 0 Å². The molecule has 0 bridgehead atoms. The molecule has 2 aromatic rings. The van der Waals surface area contributed by atoms with Crippen molar-refractivity contribution in [2.75, 3.05) is 19.0 Å². The van der Waals surface area contributed by atoms with Gasteiger partial charge in [0.15, 0.2) is 0 Å². The highest BCUT2D eigenvalue weighted by molar-refractivity contribution is 5.88. The SMILES string of the molecule is CC.CCOC(=O)c1cnc(NC2(c3ccc(OC)cc3)CCC2)nc1. The van der Waals surface area contributed by atoms with Crippen molar-refractivity contribution in [3.05, 3.63) is 47.8 Å². The van der Waals surface area contributed by atoms with Gasteiger partial charge in [0.25, 0.3) is 0 Å². The van der Waals surface area contributed by atoms with Crippen LogP contribution in [0.3, 0.4) is 0 Å². The zero-order valence-corrected chi connectivity index (χ0v) is 15.9. The van der Waals surface area contributed by atoms with Crippen molar-refractivity contribution >= 4 is 11.9 Å². The van der Waals surface area contributed by atoms with Crippen molar-refractivity contribution in [1.29, 1.82) is 0 Å². The number of rotatable bonds is 6. The van der Waals surface area contributed by atoms with Crippen LogP contribution < -0.4 is 10.1 Å². The Morgan fingerprint density at radius 2 is 1.77 bits per heavy atom. The molecule has 3 rings (SSSR count). The fourth-order valence-corrected chi connectivity index (χ4v) is 2.85. The Morgan fingerprint density at radius 3 is 2.23 bits per heavy atom. The van der Waals surface area contributed by atoms with Crippen molar-refractivity contribution in [1.82, 2.24) is 9.97 Å². The summed E-state index contributed by atoms with van der Waals surface area (Å²) >= 11 is 0. The Balaban J connectivity index is 0.00000117. The molecule has 26 heavy (non-hydrogen) atoms. The first-order valence-electron chi connectivity index (χ1n) is 9.09. The lowest BCUT2D eigenvalue weighted by atomic mass is 9.72. The van der Waals surface area contributed by atoms with Crippen molar-refractivity contribution in [2.24, 2.45) is 0 Å². The van der Waals surface area contributed by atoms with Gasteiger partial charge >= 0.3 is 5.97 Å². The molecule has 0 unspecified atom stereocenters. The molecule has 1 saturated carbocycles. The van der Waals surface area contributed by atoms with Crippen LogP contribution in [0, 0.1) is 0 Å². The number of methoxy groups -OCH3 is 1. The zero-order valence-electron chi connectivity index (χ0n) is 15.9. The summed E-state index contributed by atoms with van der Waals surface area (Å²) < 4.78 is 10.2. The van der Waals surface area contributed by atoms with E-state index in [2.05, 4.69) is 27.4 Å². The van der Waals surface area contributed by atoms with Gasteiger partial charge < -0.3 is 14.8 Å². The molecule has 0 saturated heterocycles. The second-order valence-electron chi connectivity index (χ2n) is 5.80. The number of aromatic nitrogens is 2. The Bertz CT molecular complexity index is 695. The molecule has 0 amide bonds. The van der Waals surface area contributed by atoms with Crippen LogP contribution in [0.25, 0.3) is 0 Å². The van der Waals surface area contributed by atoms with Crippen molar-refractivity contribution in [3.8, 4) is 5.75 Å². The molecule has 140 valence electrons. The number of hydrogen-bond acceptors (Lipinski definition) is 6. The van der Waals surface area contributed by atoms with Crippen LogP contribution in [0.2, 0.25) is 0 Å². The molecule has 1 aliphatic rings. The van der Waals surface area contributed by atoms with Crippen LogP contribution in [-0.2, 0) is 10.3 Å². The number of esters is 1. The normalized spacial score (nSPS) is 14.3. The van der Waals surface area contributed by atoms with E-state index < -0.39 is 5.97 Å². The lowest BCUT2D eigenvalue weighted by molar-refractivity contribution is 0.0525. The standard InChI is InChI=1S/C18H21N3O3.C2H6/c1-3-24-16(22)13-11-19-17(20-12-13)21-18(9-4-10-18)14-5-7-15(23-2)8-6-14;1-2/h5-8,11-12H,3-4,9-10H2,1-2H3,(H,19,20,21);1-2H3. The molecule has 6 heteroatoms. The smallest absolute Gasteiger partial charge is 0.341 e. The third kappa shape index (κ3) is 4.31. The molecule has 0 aliphatic heterocycles. The van der Waals surface area contributed by atoms with Gasteiger partial charge in [0.05, 0.1) is 24.8 Å². The summed E-state index contributed by atoms with van der Waals surface area (Å²) in [5.74, 6) is 0.944. The van der Waals surface area contributed by atoms with Gasteiger partial charge in [0.2, 0.25) is 5.95 Å². The number of nitrogens with one attached hydrogen (secondary N) is 1. The lowest BCUT2D eigenvalue weighted by Crippen LogP contribution is -2.42. The highest BCUT2D eigenvalue weighted by Crippen LogP contribution is 2.43. The Labute approximate surface area is 155 Å². The first kappa shape index (κ1) is 19.7. The van der Waals surface area contributed by atoms with Crippen molar-refractivity contribution < 1.29 is 14.3 Å². The van der Waals surface area contributed by atoms with E-state index in [4.69, 9.17) is 9.47 Å². The molecular weight excluding hydrogens is 330 g/mol. The molecule has 1 N–H and O–H groups in total. The molecule has 0 atom stereocenters. The van der Waals surface area contributed by atoms with Gasteiger partial charge in [-0.05, 0) is 43.9 Å². The number of nitrogens with zero attached hydrogens (tertiary/aromatic N) is 2. The highest BCUT2D eigenvalue weighted by atomic mass is 16.5. The minimum absolute atomic E-state index is 0.155. The monoisotopic (exact) mass is 357 g/mol. The largest absolute Gasteiger partial charge is 0.497 e. The number of anilines is 1. The van der Waals surface area contributed by atoms with Gasteiger partial charge in [0, 0.05) is 12.4 Å². The molecule has 6 nitrogen and oxygen atoms in total. The van der Waals surface area contributed by atoms with Crippen LogP contribution in [0.15, 0.2) is 36.7 Å². The van der Waals surface area contributed by atoms with Crippen LogP contribution in [0.4, 0.5) is 5.95 Å². The minimum Gasteiger partial charge on any atom is -0.497 e. The van der Waals surface area contributed by atoms with Gasteiger partial charge in [0.1, 0.15) is 5.75 Å². The van der Waals surface area contributed by atoms with Crippen LogP contribution in [0.1, 0.15) is 56.0 Å². The third-order valence-corrected chi connectivity index (χ3v) is 4.36. The molecule has 0 spiro atoms. The predicted octanol–water partition coefficient (Wildman–Crippen LogP) is 4.18. The third-order valence-electron chi connectivity index (χ3n) is 4.36. The Hall–Kier alpha value is -2.63. The average molecular weight is 357 g/mol. The summed E-state index contributed by atoms with van der Waals surface area (Å²) in [5.41, 5.74) is 1.39. The van der Waals surface area contributed by atoms with Crippen molar-refractivity contribution in [3.63, 3.8) is 0 Å². The second-order valence-corrected chi connectivity index (χ2v) is 5.80. The summed E-state index contributed by atoms with van der Waals surface area (Å²) in [5, 5.41) is 3.43. The van der Waals surface area contributed by atoms with E-state index in [1.54, 1.807) is 14.0 Å². The molecule has 1 aromatic heterocycles. The number of carbonyl (C=O) groups excluding carboxylic acids is 1. The van der Waals surface area contributed by atoms with E-state index in [-0.39, 0.29) is 5.54 Å². The lowest BCUT2D eigenvalue weighted by Gasteiger charge is -2.43. The first-order chi connectivity index (χ1) is 12.7. The zero-order chi connectivity index (χ0) is 19.0. The number of ether oxygens (including phenoxy) is 2. The van der Waals surface area contributed by atoms with E-state index in [0.29, 0.717) is 18.1 Å². The van der Waals surface area contributed by atoms with Gasteiger partial charge in [-0.1, -0.05) is 26.0 Å². The summed E-state index contributed by atoms with van der Waals surface area (Å²) in [6, 6.07) is 8.06. The quantitative estimate of drug-likeness (QED) is 0.782. The maximum absolute atomic E-state index is 11.7. The second kappa shape index (κ2) is 9.17. The Morgan fingerprint density at radius 1 is 1.15 bits per heavy atom. The summed E-state index contributed by atoms with van der Waals surface area (Å²) in [6.45, 7) is 6.10. The topological polar surface area (TPSA) is 73.3 Å². The maximum atomic E-state index is 11.7. The first-order valence-corrected chi connectivity index (χ1v) is 9.09. The average Bonchev–Trinajstić information content (AvgIpc) is 2.67.